The zero-order valence-corrected chi connectivity index (χ0v) is 18.4. The molecule has 150 valence electrons. The Bertz CT molecular complexity index is 799. The SMILES string of the molecule is CCSCC(CC)N1C(=O)COC(c2cccc(Cl)c2)C1c1ccc(Cl)cc1. The molecule has 0 spiro atoms. The zero-order chi connectivity index (χ0) is 20.1. The van der Waals surface area contributed by atoms with E-state index in [2.05, 4.69) is 13.8 Å². The van der Waals surface area contributed by atoms with Crippen LogP contribution in [-0.4, -0.2) is 35.0 Å². The van der Waals surface area contributed by atoms with E-state index in [4.69, 9.17) is 27.9 Å². The Balaban J connectivity index is 2.06. The maximum absolute atomic E-state index is 13.0. The maximum atomic E-state index is 13.0. The second kappa shape index (κ2) is 10.0. The molecule has 1 aliphatic rings. The molecule has 0 aliphatic carbocycles. The minimum absolute atomic E-state index is 0.0294. The third kappa shape index (κ3) is 4.85. The first-order valence-corrected chi connectivity index (χ1v) is 11.5. The number of carbonyl (C=O) groups excluding carboxylic acids is 1. The molecule has 1 saturated heterocycles. The van der Waals surface area contributed by atoms with Gasteiger partial charge in [0, 0.05) is 21.8 Å². The van der Waals surface area contributed by atoms with E-state index in [-0.39, 0.29) is 30.7 Å². The Kier molecular flexibility index (Phi) is 7.69. The first-order chi connectivity index (χ1) is 13.5. The fraction of sp³-hybridized carbons (Fsp3) is 0.409. The van der Waals surface area contributed by atoms with Crippen molar-refractivity contribution in [3.05, 3.63) is 69.7 Å². The Labute approximate surface area is 181 Å². The van der Waals surface area contributed by atoms with Crippen molar-refractivity contribution in [1.29, 1.82) is 0 Å². The summed E-state index contributed by atoms with van der Waals surface area (Å²) in [6, 6.07) is 15.3. The number of hydrogen-bond acceptors (Lipinski definition) is 3. The van der Waals surface area contributed by atoms with Gasteiger partial charge in [0.05, 0.1) is 6.04 Å². The summed E-state index contributed by atoms with van der Waals surface area (Å²) < 4.78 is 6.07. The molecule has 3 nitrogen and oxygen atoms in total. The van der Waals surface area contributed by atoms with Gasteiger partial charge in [0.15, 0.2) is 0 Å². The number of rotatable bonds is 7. The van der Waals surface area contributed by atoms with E-state index in [9.17, 15) is 4.79 Å². The molecule has 2 aromatic rings. The monoisotopic (exact) mass is 437 g/mol. The number of hydrogen-bond donors (Lipinski definition) is 0. The van der Waals surface area contributed by atoms with Gasteiger partial charge in [-0.3, -0.25) is 4.79 Å². The minimum atomic E-state index is -0.279. The molecule has 28 heavy (non-hydrogen) atoms. The lowest BCUT2D eigenvalue weighted by molar-refractivity contribution is -0.162. The van der Waals surface area contributed by atoms with Crippen molar-refractivity contribution in [2.45, 2.75) is 38.5 Å². The van der Waals surface area contributed by atoms with Crippen LogP contribution >= 0.6 is 35.0 Å². The molecule has 3 atom stereocenters. The van der Waals surface area contributed by atoms with Gasteiger partial charge in [0.1, 0.15) is 12.7 Å². The largest absolute Gasteiger partial charge is 0.361 e. The highest BCUT2D eigenvalue weighted by Crippen LogP contribution is 2.42. The molecule has 0 N–H and O–H groups in total. The number of nitrogens with zero attached hydrogens (tertiary/aromatic N) is 1. The maximum Gasteiger partial charge on any atom is 0.249 e. The molecule has 1 heterocycles. The van der Waals surface area contributed by atoms with Crippen molar-refractivity contribution in [1.82, 2.24) is 4.90 Å². The number of benzene rings is 2. The van der Waals surface area contributed by atoms with Crippen molar-refractivity contribution in [2.75, 3.05) is 18.1 Å². The highest BCUT2D eigenvalue weighted by molar-refractivity contribution is 7.99. The Morgan fingerprint density at radius 3 is 2.50 bits per heavy atom. The average molecular weight is 438 g/mol. The summed E-state index contributed by atoms with van der Waals surface area (Å²) in [4.78, 5) is 15.0. The second-order valence-electron chi connectivity index (χ2n) is 6.81. The van der Waals surface area contributed by atoms with E-state index in [0.29, 0.717) is 10.0 Å². The molecule has 3 rings (SSSR count). The molecule has 1 aliphatic heterocycles. The van der Waals surface area contributed by atoms with Crippen molar-refractivity contribution in [3.8, 4) is 0 Å². The van der Waals surface area contributed by atoms with Crippen LogP contribution in [0.3, 0.4) is 0 Å². The highest BCUT2D eigenvalue weighted by atomic mass is 35.5. The fourth-order valence-corrected chi connectivity index (χ4v) is 4.89. The van der Waals surface area contributed by atoms with Crippen LogP contribution in [0.2, 0.25) is 10.0 Å². The van der Waals surface area contributed by atoms with Crippen LogP contribution in [0.25, 0.3) is 0 Å². The van der Waals surface area contributed by atoms with E-state index < -0.39 is 0 Å². The quantitative estimate of drug-likeness (QED) is 0.518. The van der Waals surface area contributed by atoms with Crippen LogP contribution in [0.15, 0.2) is 48.5 Å². The van der Waals surface area contributed by atoms with Gasteiger partial charge in [-0.15, -0.1) is 0 Å². The predicted octanol–water partition coefficient (Wildman–Crippen LogP) is 6.17. The number of carbonyl (C=O) groups is 1. The molecule has 3 unspecified atom stereocenters. The lowest BCUT2D eigenvalue weighted by Gasteiger charge is -2.45. The molecule has 0 radical (unpaired) electrons. The van der Waals surface area contributed by atoms with E-state index in [1.54, 1.807) is 0 Å². The number of amides is 1. The van der Waals surface area contributed by atoms with Crippen LogP contribution in [0.5, 0.6) is 0 Å². The molecule has 0 bridgehead atoms. The summed E-state index contributed by atoms with van der Waals surface area (Å²) >= 11 is 14.2. The summed E-state index contributed by atoms with van der Waals surface area (Å²) in [5.74, 6) is 1.96. The Morgan fingerprint density at radius 1 is 1.11 bits per heavy atom. The number of morpholine rings is 1. The molecule has 1 amide bonds. The van der Waals surface area contributed by atoms with Crippen molar-refractivity contribution in [2.24, 2.45) is 0 Å². The van der Waals surface area contributed by atoms with Crippen molar-refractivity contribution >= 4 is 40.9 Å². The summed E-state index contributed by atoms with van der Waals surface area (Å²) in [6.07, 6.45) is 0.615. The minimum Gasteiger partial charge on any atom is -0.361 e. The topological polar surface area (TPSA) is 29.5 Å². The van der Waals surface area contributed by atoms with Crippen LogP contribution in [-0.2, 0) is 9.53 Å². The second-order valence-corrected chi connectivity index (χ2v) is 9.00. The van der Waals surface area contributed by atoms with Crippen LogP contribution < -0.4 is 0 Å². The van der Waals surface area contributed by atoms with E-state index >= 15 is 0 Å². The van der Waals surface area contributed by atoms with E-state index in [0.717, 1.165) is 29.1 Å². The molecular formula is C22H25Cl2NO2S. The van der Waals surface area contributed by atoms with Gasteiger partial charge in [0.25, 0.3) is 0 Å². The summed E-state index contributed by atoms with van der Waals surface area (Å²) in [5, 5.41) is 1.33. The normalized spacial score (nSPS) is 21.0. The van der Waals surface area contributed by atoms with Gasteiger partial charge in [-0.05, 0) is 47.6 Å². The fourth-order valence-electron chi connectivity index (χ4n) is 3.66. The molecule has 2 aromatic carbocycles. The summed E-state index contributed by atoms with van der Waals surface area (Å²) in [7, 11) is 0. The molecule has 6 heteroatoms. The van der Waals surface area contributed by atoms with Gasteiger partial charge in [-0.2, -0.15) is 11.8 Å². The first kappa shape index (κ1) is 21.5. The Morgan fingerprint density at radius 2 is 1.86 bits per heavy atom. The van der Waals surface area contributed by atoms with E-state index in [1.165, 1.54) is 0 Å². The molecular weight excluding hydrogens is 413 g/mol. The highest BCUT2D eigenvalue weighted by Gasteiger charge is 2.41. The standard InChI is InChI=1S/C22H25Cl2NO2S/c1-3-19(14-28-4-2)25-20(26)13-27-22(16-6-5-7-18(24)12-16)21(25)15-8-10-17(23)11-9-15/h5-12,19,21-22H,3-4,13-14H2,1-2H3. The van der Waals surface area contributed by atoms with Crippen LogP contribution in [0.4, 0.5) is 0 Å². The number of ether oxygens (including phenoxy) is 1. The van der Waals surface area contributed by atoms with Gasteiger partial charge >= 0.3 is 0 Å². The van der Waals surface area contributed by atoms with Gasteiger partial charge < -0.3 is 9.64 Å². The van der Waals surface area contributed by atoms with Crippen LogP contribution in [0, 0.1) is 0 Å². The van der Waals surface area contributed by atoms with Gasteiger partial charge in [-0.1, -0.05) is 61.3 Å². The van der Waals surface area contributed by atoms with Gasteiger partial charge in [0.2, 0.25) is 5.91 Å². The lowest BCUT2D eigenvalue weighted by Crippen LogP contribution is -2.51. The number of thioether (sulfide) groups is 1. The van der Waals surface area contributed by atoms with Crippen molar-refractivity contribution < 1.29 is 9.53 Å². The first-order valence-electron chi connectivity index (χ1n) is 9.56. The third-order valence-electron chi connectivity index (χ3n) is 5.03. The van der Waals surface area contributed by atoms with Crippen LogP contribution in [0.1, 0.15) is 43.5 Å². The number of halogens is 2. The van der Waals surface area contributed by atoms with Gasteiger partial charge in [-0.25, -0.2) is 0 Å². The smallest absolute Gasteiger partial charge is 0.249 e. The average Bonchev–Trinajstić information content (AvgIpc) is 2.70. The third-order valence-corrected chi connectivity index (χ3v) is 6.54. The molecule has 0 saturated carbocycles. The Hall–Kier alpha value is -1.20. The molecule has 0 aromatic heterocycles. The zero-order valence-electron chi connectivity index (χ0n) is 16.1. The molecule has 1 fully saturated rings. The van der Waals surface area contributed by atoms with Crippen molar-refractivity contribution in [3.63, 3.8) is 0 Å². The summed E-state index contributed by atoms with van der Waals surface area (Å²) in [5.41, 5.74) is 1.99. The summed E-state index contributed by atoms with van der Waals surface area (Å²) in [6.45, 7) is 4.36. The predicted molar refractivity (Wildman–Crippen MR) is 118 cm³/mol. The van der Waals surface area contributed by atoms with E-state index in [1.807, 2.05) is 65.2 Å². The lowest BCUT2D eigenvalue weighted by atomic mass is 9.91.